The Balaban J connectivity index is 2.45. The van der Waals surface area contributed by atoms with Gasteiger partial charge in [0.15, 0.2) is 0 Å². The summed E-state index contributed by atoms with van der Waals surface area (Å²) in [5.41, 5.74) is 3.49. The second kappa shape index (κ2) is 5.09. The summed E-state index contributed by atoms with van der Waals surface area (Å²) in [6.45, 7) is 2.03. The maximum Gasteiger partial charge on any atom is 0.101 e. The SMILES string of the molecule is Cc1ccccc1C=C(C#N)c1ccccn1. The average Bonchev–Trinajstić information content (AvgIpc) is 2.39. The summed E-state index contributed by atoms with van der Waals surface area (Å²) >= 11 is 0. The quantitative estimate of drug-likeness (QED) is 0.727. The molecule has 2 nitrogen and oxygen atoms in total. The van der Waals surface area contributed by atoms with Gasteiger partial charge in [-0.2, -0.15) is 5.26 Å². The van der Waals surface area contributed by atoms with Crippen LogP contribution in [0.25, 0.3) is 11.6 Å². The number of hydrogen-bond acceptors (Lipinski definition) is 2. The maximum atomic E-state index is 9.17. The van der Waals surface area contributed by atoms with Gasteiger partial charge in [-0.3, -0.25) is 4.98 Å². The van der Waals surface area contributed by atoms with Crippen LogP contribution in [-0.2, 0) is 0 Å². The molecule has 0 unspecified atom stereocenters. The van der Waals surface area contributed by atoms with Crippen molar-refractivity contribution in [3.8, 4) is 6.07 Å². The lowest BCUT2D eigenvalue weighted by molar-refractivity contribution is 1.28. The smallest absolute Gasteiger partial charge is 0.101 e. The minimum Gasteiger partial charge on any atom is -0.256 e. The number of aromatic nitrogens is 1. The van der Waals surface area contributed by atoms with Crippen molar-refractivity contribution in [1.29, 1.82) is 5.26 Å². The summed E-state index contributed by atoms with van der Waals surface area (Å²) in [7, 11) is 0. The Morgan fingerprint density at radius 3 is 2.59 bits per heavy atom. The topological polar surface area (TPSA) is 36.7 Å². The minimum atomic E-state index is 0.583. The number of nitriles is 1. The van der Waals surface area contributed by atoms with E-state index in [2.05, 4.69) is 11.1 Å². The van der Waals surface area contributed by atoms with Crippen molar-refractivity contribution in [3.63, 3.8) is 0 Å². The molecule has 0 radical (unpaired) electrons. The molecule has 0 spiro atoms. The van der Waals surface area contributed by atoms with Crippen LogP contribution >= 0.6 is 0 Å². The van der Waals surface area contributed by atoms with Crippen LogP contribution in [0.1, 0.15) is 16.8 Å². The first kappa shape index (κ1) is 11.1. The van der Waals surface area contributed by atoms with E-state index in [1.165, 1.54) is 0 Å². The van der Waals surface area contributed by atoms with Gasteiger partial charge in [-0.15, -0.1) is 0 Å². The van der Waals surface area contributed by atoms with Gasteiger partial charge in [0, 0.05) is 6.20 Å². The highest BCUT2D eigenvalue weighted by molar-refractivity contribution is 5.88. The summed E-state index contributed by atoms with van der Waals surface area (Å²) in [6, 6.07) is 15.7. The van der Waals surface area contributed by atoms with E-state index < -0.39 is 0 Å². The fourth-order valence-electron chi connectivity index (χ4n) is 1.59. The van der Waals surface area contributed by atoms with E-state index in [0.29, 0.717) is 11.3 Å². The molecule has 0 N–H and O–H groups in total. The highest BCUT2D eigenvalue weighted by Crippen LogP contribution is 2.17. The molecule has 0 saturated carbocycles. The molecule has 17 heavy (non-hydrogen) atoms. The molecule has 0 amide bonds. The Labute approximate surface area is 101 Å². The van der Waals surface area contributed by atoms with Gasteiger partial charge in [0.1, 0.15) is 6.07 Å². The van der Waals surface area contributed by atoms with E-state index in [-0.39, 0.29) is 0 Å². The third kappa shape index (κ3) is 2.59. The van der Waals surface area contributed by atoms with Crippen LogP contribution in [-0.4, -0.2) is 4.98 Å². The molecule has 0 bridgehead atoms. The molecule has 0 aliphatic rings. The van der Waals surface area contributed by atoms with Crippen LogP contribution in [0.2, 0.25) is 0 Å². The summed E-state index contributed by atoms with van der Waals surface area (Å²) in [5.74, 6) is 0. The fourth-order valence-corrected chi connectivity index (χ4v) is 1.59. The summed E-state index contributed by atoms with van der Waals surface area (Å²) in [5, 5.41) is 9.17. The first-order valence-corrected chi connectivity index (χ1v) is 5.40. The number of aryl methyl sites for hydroxylation is 1. The van der Waals surface area contributed by atoms with Crippen molar-refractivity contribution in [2.75, 3.05) is 0 Å². The monoisotopic (exact) mass is 220 g/mol. The van der Waals surface area contributed by atoms with Crippen molar-refractivity contribution >= 4 is 11.6 Å². The number of rotatable bonds is 2. The van der Waals surface area contributed by atoms with Gasteiger partial charge in [0.2, 0.25) is 0 Å². The summed E-state index contributed by atoms with van der Waals surface area (Å²) in [6.07, 6.45) is 3.57. The molecule has 0 atom stereocenters. The molecule has 2 aromatic rings. The Morgan fingerprint density at radius 1 is 1.18 bits per heavy atom. The first-order valence-electron chi connectivity index (χ1n) is 5.40. The molecule has 1 heterocycles. The van der Waals surface area contributed by atoms with Gasteiger partial charge in [-0.1, -0.05) is 30.3 Å². The zero-order valence-corrected chi connectivity index (χ0v) is 9.59. The highest BCUT2D eigenvalue weighted by Gasteiger charge is 2.02. The van der Waals surface area contributed by atoms with Gasteiger partial charge in [0.25, 0.3) is 0 Å². The fraction of sp³-hybridized carbons (Fsp3) is 0.0667. The first-order chi connectivity index (χ1) is 8.31. The zero-order chi connectivity index (χ0) is 12.1. The van der Waals surface area contributed by atoms with Gasteiger partial charge < -0.3 is 0 Å². The van der Waals surface area contributed by atoms with Gasteiger partial charge in [-0.25, -0.2) is 0 Å². The molecule has 1 aromatic heterocycles. The molecule has 1 aromatic carbocycles. The lowest BCUT2D eigenvalue weighted by Gasteiger charge is -2.01. The largest absolute Gasteiger partial charge is 0.256 e. The molecule has 2 heteroatoms. The normalized spacial score (nSPS) is 10.9. The number of benzene rings is 1. The lowest BCUT2D eigenvalue weighted by atomic mass is 10.0. The maximum absolute atomic E-state index is 9.17. The lowest BCUT2D eigenvalue weighted by Crippen LogP contribution is -1.87. The van der Waals surface area contributed by atoms with Gasteiger partial charge in [0.05, 0.1) is 11.3 Å². The predicted molar refractivity (Wildman–Crippen MR) is 68.9 cm³/mol. The van der Waals surface area contributed by atoms with E-state index >= 15 is 0 Å². The predicted octanol–water partition coefficient (Wildman–Crippen LogP) is 3.45. The Hall–Kier alpha value is -2.40. The highest BCUT2D eigenvalue weighted by atomic mass is 14.7. The van der Waals surface area contributed by atoms with E-state index in [4.69, 9.17) is 0 Å². The van der Waals surface area contributed by atoms with E-state index in [1.54, 1.807) is 6.20 Å². The number of hydrogen-bond donors (Lipinski definition) is 0. The molecule has 0 saturated heterocycles. The van der Waals surface area contributed by atoms with E-state index in [1.807, 2.05) is 55.5 Å². The molecule has 0 aliphatic heterocycles. The summed E-state index contributed by atoms with van der Waals surface area (Å²) in [4.78, 5) is 4.18. The van der Waals surface area contributed by atoms with Gasteiger partial charge >= 0.3 is 0 Å². The second-order valence-corrected chi connectivity index (χ2v) is 3.74. The minimum absolute atomic E-state index is 0.583. The number of nitrogens with zero attached hydrogens (tertiary/aromatic N) is 2. The van der Waals surface area contributed by atoms with Crippen LogP contribution in [0.15, 0.2) is 48.7 Å². The Kier molecular flexibility index (Phi) is 3.32. The van der Waals surface area contributed by atoms with Crippen LogP contribution in [0, 0.1) is 18.3 Å². The number of allylic oxidation sites excluding steroid dienone is 1. The third-order valence-corrected chi connectivity index (χ3v) is 2.55. The molecule has 0 aliphatic carbocycles. The Bertz CT molecular complexity index is 577. The molecule has 2 rings (SSSR count). The van der Waals surface area contributed by atoms with Crippen molar-refractivity contribution in [3.05, 3.63) is 65.5 Å². The molecular formula is C15H12N2. The van der Waals surface area contributed by atoms with Gasteiger partial charge in [-0.05, 0) is 36.3 Å². The van der Waals surface area contributed by atoms with Crippen molar-refractivity contribution in [2.24, 2.45) is 0 Å². The van der Waals surface area contributed by atoms with E-state index in [9.17, 15) is 5.26 Å². The van der Waals surface area contributed by atoms with Crippen molar-refractivity contribution in [2.45, 2.75) is 6.92 Å². The van der Waals surface area contributed by atoms with Crippen molar-refractivity contribution in [1.82, 2.24) is 4.98 Å². The molecule has 0 fully saturated rings. The van der Waals surface area contributed by atoms with Crippen LogP contribution < -0.4 is 0 Å². The average molecular weight is 220 g/mol. The molecule has 82 valence electrons. The van der Waals surface area contributed by atoms with Crippen LogP contribution in [0.3, 0.4) is 0 Å². The standard InChI is InChI=1S/C15H12N2/c1-12-6-2-3-7-13(12)10-14(11-16)15-8-4-5-9-17-15/h2-10H,1H3. The van der Waals surface area contributed by atoms with Crippen molar-refractivity contribution < 1.29 is 0 Å². The third-order valence-electron chi connectivity index (χ3n) is 2.55. The van der Waals surface area contributed by atoms with Crippen LogP contribution in [0.4, 0.5) is 0 Å². The van der Waals surface area contributed by atoms with E-state index in [0.717, 1.165) is 11.1 Å². The Morgan fingerprint density at radius 2 is 1.94 bits per heavy atom. The number of pyridine rings is 1. The zero-order valence-electron chi connectivity index (χ0n) is 9.59. The summed E-state index contributed by atoms with van der Waals surface area (Å²) < 4.78 is 0. The second-order valence-electron chi connectivity index (χ2n) is 3.74. The molecular weight excluding hydrogens is 208 g/mol. The van der Waals surface area contributed by atoms with Crippen LogP contribution in [0.5, 0.6) is 0 Å².